The van der Waals surface area contributed by atoms with E-state index in [1.54, 1.807) is 12.1 Å². The van der Waals surface area contributed by atoms with Crippen molar-refractivity contribution in [1.82, 2.24) is 4.72 Å². The molecule has 18 heavy (non-hydrogen) atoms. The molecule has 0 fully saturated rings. The highest BCUT2D eigenvalue weighted by Gasteiger charge is 2.17. The van der Waals surface area contributed by atoms with Gasteiger partial charge in [0.2, 0.25) is 10.0 Å². The smallest absolute Gasteiger partial charge is 0.240 e. The molecule has 0 heterocycles. The molecule has 1 rings (SSSR count). The third-order valence-electron chi connectivity index (χ3n) is 2.72. The zero-order valence-electron chi connectivity index (χ0n) is 11.2. The van der Waals surface area contributed by atoms with Crippen molar-refractivity contribution >= 4 is 15.7 Å². The van der Waals surface area contributed by atoms with E-state index >= 15 is 0 Å². The van der Waals surface area contributed by atoms with Crippen LogP contribution in [0.1, 0.15) is 33.6 Å². The number of nitrogen functional groups attached to an aromatic ring is 1. The molecule has 1 aromatic carbocycles. The van der Waals surface area contributed by atoms with Crippen LogP contribution < -0.4 is 10.5 Å². The Morgan fingerprint density at radius 2 is 1.67 bits per heavy atom. The fourth-order valence-corrected chi connectivity index (χ4v) is 2.90. The van der Waals surface area contributed by atoms with E-state index in [0.29, 0.717) is 11.6 Å². The van der Waals surface area contributed by atoms with E-state index < -0.39 is 10.0 Å². The Morgan fingerprint density at radius 1 is 1.11 bits per heavy atom. The first kappa shape index (κ1) is 15.0. The molecule has 1 aromatic rings. The Morgan fingerprint density at radius 3 is 2.17 bits per heavy atom. The maximum atomic E-state index is 12.0. The molecule has 0 radical (unpaired) electrons. The van der Waals surface area contributed by atoms with Crippen LogP contribution in [0.25, 0.3) is 0 Å². The number of sulfonamides is 1. The molecule has 0 saturated heterocycles. The van der Waals surface area contributed by atoms with Gasteiger partial charge in [-0.25, -0.2) is 13.1 Å². The van der Waals surface area contributed by atoms with Crippen LogP contribution in [0.4, 0.5) is 5.69 Å². The number of rotatable bonds is 6. The molecule has 0 spiro atoms. The fraction of sp³-hybridized carbons (Fsp3) is 0.538. The molecule has 3 N–H and O–H groups in total. The maximum absolute atomic E-state index is 12.0. The van der Waals surface area contributed by atoms with E-state index in [9.17, 15) is 8.42 Å². The lowest BCUT2D eigenvalue weighted by Gasteiger charge is -2.15. The summed E-state index contributed by atoms with van der Waals surface area (Å²) in [4.78, 5) is 0.257. The third kappa shape index (κ3) is 4.66. The molecule has 1 unspecified atom stereocenters. The van der Waals surface area contributed by atoms with Crippen LogP contribution in [0.15, 0.2) is 29.2 Å². The summed E-state index contributed by atoms with van der Waals surface area (Å²) in [7, 11) is -3.43. The molecule has 4 nitrogen and oxygen atoms in total. The normalized spacial score (nSPS) is 13.8. The first-order chi connectivity index (χ1) is 8.31. The monoisotopic (exact) mass is 270 g/mol. The van der Waals surface area contributed by atoms with Gasteiger partial charge in [-0.05, 0) is 49.9 Å². The van der Waals surface area contributed by atoms with E-state index in [1.807, 2.05) is 6.92 Å². The number of hydrogen-bond acceptors (Lipinski definition) is 3. The summed E-state index contributed by atoms with van der Waals surface area (Å²) in [6.45, 7) is 6.14. The van der Waals surface area contributed by atoms with Gasteiger partial charge in [-0.2, -0.15) is 0 Å². The first-order valence-corrected chi connectivity index (χ1v) is 7.67. The molecule has 5 heteroatoms. The lowest BCUT2D eigenvalue weighted by molar-refractivity contribution is 0.485. The highest BCUT2D eigenvalue weighted by Crippen LogP contribution is 2.13. The van der Waals surface area contributed by atoms with Crippen molar-refractivity contribution in [3.63, 3.8) is 0 Å². The summed E-state index contributed by atoms with van der Waals surface area (Å²) in [5, 5.41) is 0. The van der Waals surface area contributed by atoms with E-state index in [4.69, 9.17) is 5.73 Å². The van der Waals surface area contributed by atoms with Crippen LogP contribution in [0.3, 0.4) is 0 Å². The van der Waals surface area contributed by atoms with Crippen LogP contribution in [-0.4, -0.2) is 14.5 Å². The summed E-state index contributed by atoms with van der Waals surface area (Å²) in [6, 6.07) is 6.16. The van der Waals surface area contributed by atoms with Gasteiger partial charge >= 0.3 is 0 Å². The van der Waals surface area contributed by atoms with Crippen molar-refractivity contribution in [2.24, 2.45) is 5.92 Å². The van der Waals surface area contributed by atoms with Crippen molar-refractivity contribution in [2.75, 3.05) is 5.73 Å². The molecule has 0 aromatic heterocycles. The first-order valence-electron chi connectivity index (χ1n) is 6.19. The number of nitrogens with two attached hydrogens (primary N) is 1. The quantitative estimate of drug-likeness (QED) is 0.779. The largest absolute Gasteiger partial charge is 0.399 e. The molecule has 0 aliphatic carbocycles. The minimum Gasteiger partial charge on any atom is -0.399 e. The molecule has 1 atom stereocenters. The Kier molecular flexibility index (Phi) is 5.16. The molecule has 0 saturated carbocycles. The zero-order valence-corrected chi connectivity index (χ0v) is 12.0. The van der Waals surface area contributed by atoms with Gasteiger partial charge in [-0.3, -0.25) is 0 Å². The van der Waals surface area contributed by atoms with E-state index in [1.165, 1.54) is 12.1 Å². The van der Waals surface area contributed by atoms with Crippen LogP contribution in [0.5, 0.6) is 0 Å². The van der Waals surface area contributed by atoms with Gasteiger partial charge in [0.05, 0.1) is 4.90 Å². The maximum Gasteiger partial charge on any atom is 0.240 e. The predicted molar refractivity (Wildman–Crippen MR) is 74.7 cm³/mol. The van der Waals surface area contributed by atoms with Gasteiger partial charge in [0.1, 0.15) is 0 Å². The number of anilines is 1. The summed E-state index contributed by atoms with van der Waals surface area (Å²) in [5.41, 5.74) is 6.09. The van der Waals surface area contributed by atoms with E-state index in [-0.39, 0.29) is 10.9 Å². The van der Waals surface area contributed by atoms with Crippen LogP contribution >= 0.6 is 0 Å². The minimum absolute atomic E-state index is 0.0602. The summed E-state index contributed by atoms with van der Waals surface area (Å²) in [6.07, 6.45) is 1.84. The highest BCUT2D eigenvalue weighted by atomic mass is 32.2. The Bertz CT molecular complexity index is 466. The number of benzene rings is 1. The molecule has 0 aliphatic rings. The average Bonchev–Trinajstić information content (AvgIpc) is 2.26. The van der Waals surface area contributed by atoms with Crippen molar-refractivity contribution in [1.29, 1.82) is 0 Å². The molecule has 102 valence electrons. The minimum atomic E-state index is -3.43. The topological polar surface area (TPSA) is 72.2 Å². The SMILES string of the molecule is CC(C)CCC(C)NS(=O)(=O)c1ccc(N)cc1. The van der Waals surface area contributed by atoms with Gasteiger partial charge in [-0.1, -0.05) is 13.8 Å². The molecule has 0 aliphatic heterocycles. The second-order valence-electron chi connectivity index (χ2n) is 5.06. The standard InChI is InChI=1S/C13H22N2O2S/c1-10(2)4-5-11(3)15-18(16,17)13-8-6-12(14)7-9-13/h6-11,15H,4-5,14H2,1-3H3. The Balaban J connectivity index is 2.67. The van der Waals surface area contributed by atoms with Gasteiger partial charge in [0, 0.05) is 11.7 Å². The molecule has 0 amide bonds. The van der Waals surface area contributed by atoms with Gasteiger partial charge in [0.15, 0.2) is 0 Å². The van der Waals surface area contributed by atoms with Gasteiger partial charge < -0.3 is 5.73 Å². The zero-order chi connectivity index (χ0) is 13.8. The summed E-state index contributed by atoms with van der Waals surface area (Å²) >= 11 is 0. The van der Waals surface area contributed by atoms with E-state index in [0.717, 1.165) is 12.8 Å². The van der Waals surface area contributed by atoms with E-state index in [2.05, 4.69) is 18.6 Å². The van der Waals surface area contributed by atoms with Crippen molar-refractivity contribution < 1.29 is 8.42 Å². The van der Waals surface area contributed by atoms with Gasteiger partial charge in [-0.15, -0.1) is 0 Å². The molecular weight excluding hydrogens is 248 g/mol. The average molecular weight is 270 g/mol. The summed E-state index contributed by atoms with van der Waals surface area (Å²) in [5.74, 6) is 0.577. The predicted octanol–water partition coefficient (Wildman–Crippen LogP) is 2.37. The van der Waals surface area contributed by atoms with Gasteiger partial charge in [0.25, 0.3) is 0 Å². The van der Waals surface area contributed by atoms with Crippen molar-refractivity contribution in [3.8, 4) is 0 Å². The van der Waals surface area contributed by atoms with Crippen LogP contribution in [0.2, 0.25) is 0 Å². The highest BCUT2D eigenvalue weighted by molar-refractivity contribution is 7.89. The van der Waals surface area contributed by atoms with Crippen molar-refractivity contribution in [3.05, 3.63) is 24.3 Å². The Hall–Kier alpha value is -1.07. The Labute approximate surface area is 110 Å². The second-order valence-corrected chi connectivity index (χ2v) is 6.78. The van der Waals surface area contributed by atoms with Crippen molar-refractivity contribution in [2.45, 2.75) is 44.6 Å². The second kappa shape index (κ2) is 6.20. The lowest BCUT2D eigenvalue weighted by Crippen LogP contribution is -2.32. The lowest BCUT2D eigenvalue weighted by atomic mass is 10.1. The summed E-state index contributed by atoms with van der Waals surface area (Å²) < 4.78 is 26.8. The number of nitrogens with one attached hydrogen (secondary N) is 1. The third-order valence-corrected chi connectivity index (χ3v) is 4.33. The fourth-order valence-electron chi connectivity index (χ4n) is 1.62. The van der Waals surface area contributed by atoms with Crippen LogP contribution in [-0.2, 0) is 10.0 Å². The molecular formula is C13H22N2O2S. The number of hydrogen-bond donors (Lipinski definition) is 2. The van der Waals surface area contributed by atoms with Crippen LogP contribution in [0, 0.1) is 5.92 Å². The molecule has 0 bridgehead atoms.